The van der Waals surface area contributed by atoms with Crippen LogP contribution in [0.2, 0.25) is 10.0 Å². The average molecular weight is 578 g/mol. The number of piperidine rings is 1. The molecular formula is C26H32Cl2F3N3O4. The van der Waals surface area contributed by atoms with Gasteiger partial charge in [0.15, 0.2) is 0 Å². The molecule has 0 aromatic heterocycles. The Labute approximate surface area is 230 Å². The largest absolute Gasteiger partial charge is 0.491 e. The lowest BCUT2D eigenvalue weighted by atomic mass is 10.0. The van der Waals surface area contributed by atoms with Crippen LogP contribution in [0.15, 0.2) is 42.5 Å². The number of carbonyl (C=O) groups is 2. The second-order valence-corrected chi connectivity index (χ2v) is 10.0. The van der Waals surface area contributed by atoms with E-state index in [4.69, 9.17) is 37.8 Å². The van der Waals surface area contributed by atoms with Crippen molar-refractivity contribution in [3.8, 4) is 5.75 Å². The first-order valence-corrected chi connectivity index (χ1v) is 12.7. The number of rotatable bonds is 7. The minimum absolute atomic E-state index is 0.0805. The van der Waals surface area contributed by atoms with E-state index < -0.39 is 12.1 Å². The fourth-order valence-corrected chi connectivity index (χ4v) is 4.21. The average Bonchev–Trinajstić information content (AvgIpc) is 2.83. The van der Waals surface area contributed by atoms with E-state index >= 15 is 0 Å². The van der Waals surface area contributed by atoms with Gasteiger partial charge in [-0.1, -0.05) is 41.4 Å². The summed E-state index contributed by atoms with van der Waals surface area (Å²) in [4.78, 5) is 26.3. The van der Waals surface area contributed by atoms with Gasteiger partial charge < -0.3 is 25.0 Å². The summed E-state index contributed by atoms with van der Waals surface area (Å²) in [6.45, 7) is 6.85. The number of hydrogen-bond acceptors (Lipinski definition) is 4. The number of ether oxygens (including phenoxy) is 1. The second-order valence-electron chi connectivity index (χ2n) is 9.17. The third-order valence-corrected chi connectivity index (χ3v) is 6.31. The fourth-order valence-electron chi connectivity index (χ4n) is 3.74. The van der Waals surface area contributed by atoms with Crippen LogP contribution in [0.3, 0.4) is 0 Å². The standard InChI is InChI=1S/C24H31Cl2N3O2.C2HF3O2/c1-17(2)31-22-8-4-18(5-9-22)15-27-24(30)29(21-10-12-28(3)13-11-21)16-19-6-7-20(25)14-23(19)26;3-2(4,5)1(6)7/h4-9,14,17,21H,10-13,15-16H2,1-3H3,(H,27,30);(H,6,7). The van der Waals surface area contributed by atoms with E-state index in [0.29, 0.717) is 23.1 Å². The maximum Gasteiger partial charge on any atom is 0.490 e. The summed E-state index contributed by atoms with van der Waals surface area (Å²) in [5, 5.41) is 11.4. The zero-order chi connectivity index (χ0) is 28.5. The van der Waals surface area contributed by atoms with Gasteiger partial charge in [-0.3, -0.25) is 0 Å². The summed E-state index contributed by atoms with van der Waals surface area (Å²) in [7, 11) is 2.11. The molecule has 2 aromatic rings. The predicted octanol–water partition coefficient (Wildman–Crippen LogP) is 6.22. The van der Waals surface area contributed by atoms with E-state index in [2.05, 4.69) is 17.3 Å². The number of benzene rings is 2. The summed E-state index contributed by atoms with van der Waals surface area (Å²) >= 11 is 12.4. The Bertz CT molecular complexity index is 1060. The summed E-state index contributed by atoms with van der Waals surface area (Å²) in [6.07, 6.45) is -3.07. The number of carbonyl (C=O) groups excluding carboxylic acids is 1. The number of nitrogens with one attached hydrogen (secondary N) is 1. The Kier molecular flexibility index (Phi) is 12.0. The van der Waals surface area contributed by atoms with Crippen molar-refractivity contribution in [3.63, 3.8) is 0 Å². The molecule has 0 bridgehead atoms. The molecule has 210 valence electrons. The number of halogens is 5. The van der Waals surface area contributed by atoms with E-state index in [0.717, 1.165) is 42.8 Å². The van der Waals surface area contributed by atoms with Crippen molar-refractivity contribution in [1.82, 2.24) is 15.1 Å². The fraction of sp³-hybridized carbons (Fsp3) is 0.462. The molecule has 0 radical (unpaired) electrons. The van der Waals surface area contributed by atoms with Gasteiger partial charge >= 0.3 is 18.2 Å². The van der Waals surface area contributed by atoms with Crippen LogP contribution in [0.1, 0.15) is 37.8 Å². The molecule has 1 saturated heterocycles. The van der Waals surface area contributed by atoms with Crippen molar-refractivity contribution in [1.29, 1.82) is 0 Å². The molecular weight excluding hydrogens is 546 g/mol. The van der Waals surface area contributed by atoms with Gasteiger partial charge in [0, 0.05) is 29.2 Å². The monoisotopic (exact) mass is 577 g/mol. The normalized spacial score (nSPS) is 14.4. The highest BCUT2D eigenvalue weighted by molar-refractivity contribution is 6.35. The van der Waals surface area contributed by atoms with E-state index in [9.17, 15) is 18.0 Å². The molecule has 2 amide bonds. The van der Waals surface area contributed by atoms with E-state index in [1.54, 1.807) is 6.07 Å². The maximum atomic E-state index is 13.2. The second kappa shape index (κ2) is 14.5. The number of carboxylic acids is 1. The van der Waals surface area contributed by atoms with Gasteiger partial charge in [-0.15, -0.1) is 0 Å². The lowest BCUT2D eigenvalue weighted by molar-refractivity contribution is -0.192. The Morgan fingerprint density at radius 2 is 1.71 bits per heavy atom. The van der Waals surface area contributed by atoms with Crippen LogP contribution < -0.4 is 10.1 Å². The SMILES string of the molecule is CC(C)Oc1ccc(CNC(=O)N(Cc2ccc(Cl)cc2Cl)C2CCN(C)CC2)cc1.O=C(O)C(F)(F)F. The molecule has 2 N–H and O–H groups in total. The third-order valence-electron chi connectivity index (χ3n) is 5.73. The van der Waals surface area contributed by atoms with Crippen LogP contribution in [-0.2, 0) is 17.9 Å². The Hall–Kier alpha value is -2.69. The molecule has 0 atom stereocenters. The molecule has 3 rings (SSSR count). The number of nitrogens with zero attached hydrogens (tertiary/aromatic N) is 2. The molecule has 7 nitrogen and oxygen atoms in total. The predicted molar refractivity (Wildman–Crippen MR) is 141 cm³/mol. The molecule has 1 fully saturated rings. The Balaban J connectivity index is 0.000000638. The van der Waals surface area contributed by atoms with Gasteiger partial charge in [0.1, 0.15) is 5.75 Å². The molecule has 0 aliphatic carbocycles. The van der Waals surface area contributed by atoms with E-state index in [1.165, 1.54) is 0 Å². The first kappa shape index (κ1) is 31.5. The number of likely N-dealkylation sites (tertiary alicyclic amines) is 1. The van der Waals surface area contributed by atoms with Crippen molar-refractivity contribution in [3.05, 3.63) is 63.6 Å². The number of aliphatic carboxylic acids is 1. The van der Waals surface area contributed by atoms with Crippen LogP contribution in [0.4, 0.5) is 18.0 Å². The molecule has 12 heteroatoms. The van der Waals surface area contributed by atoms with Crippen LogP contribution in [0, 0.1) is 0 Å². The van der Waals surface area contributed by atoms with Gasteiger partial charge in [0.25, 0.3) is 0 Å². The first-order chi connectivity index (χ1) is 17.8. The van der Waals surface area contributed by atoms with Crippen LogP contribution in [0.5, 0.6) is 5.75 Å². The number of carboxylic acid groups (broad SMARTS) is 1. The van der Waals surface area contributed by atoms with Crippen molar-refractivity contribution >= 4 is 35.2 Å². The summed E-state index contributed by atoms with van der Waals surface area (Å²) in [5.41, 5.74) is 1.92. The highest BCUT2D eigenvalue weighted by atomic mass is 35.5. The maximum absolute atomic E-state index is 13.2. The molecule has 1 heterocycles. The van der Waals surface area contributed by atoms with Crippen LogP contribution in [0.25, 0.3) is 0 Å². The zero-order valence-electron chi connectivity index (χ0n) is 21.4. The number of alkyl halides is 3. The molecule has 0 unspecified atom stereocenters. The van der Waals surface area contributed by atoms with Crippen molar-refractivity contribution in [2.24, 2.45) is 0 Å². The minimum atomic E-state index is -5.08. The van der Waals surface area contributed by atoms with Crippen LogP contribution in [-0.4, -0.2) is 65.4 Å². The van der Waals surface area contributed by atoms with Crippen molar-refractivity contribution < 1.29 is 32.6 Å². The van der Waals surface area contributed by atoms with Gasteiger partial charge in [-0.2, -0.15) is 13.2 Å². The van der Waals surface area contributed by atoms with E-state index in [1.807, 2.05) is 55.1 Å². The van der Waals surface area contributed by atoms with Crippen LogP contribution >= 0.6 is 23.2 Å². The molecule has 38 heavy (non-hydrogen) atoms. The highest BCUT2D eigenvalue weighted by Gasteiger charge is 2.38. The third kappa shape index (κ3) is 10.6. The molecule has 1 aliphatic heterocycles. The van der Waals surface area contributed by atoms with Gasteiger partial charge in [0.05, 0.1) is 6.10 Å². The minimum Gasteiger partial charge on any atom is -0.491 e. The molecule has 1 aliphatic rings. The van der Waals surface area contributed by atoms with Gasteiger partial charge in [0.2, 0.25) is 0 Å². The lowest BCUT2D eigenvalue weighted by Gasteiger charge is -2.37. The van der Waals surface area contributed by atoms with Crippen molar-refractivity contribution in [2.75, 3.05) is 20.1 Å². The van der Waals surface area contributed by atoms with E-state index in [-0.39, 0.29) is 18.2 Å². The Morgan fingerprint density at radius 3 is 2.21 bits per heavy atom. The number of amides is 2. The topological polar surface area (TPSA) is 82.1 Å². The smallest absolute Gasteiger partial charge is 0.490 e. The Morgan fingerprint density at radius 1 is 1.13 bits per heavy atom. The number of urea groups is 1. The summed E-state index contributed by atoms with van der Waals surface area (Å²) in [6, 6.07) is 13.4. The highest BCUT2D eigenvalue weighted by Crippen LogP contribution is 2.25. The molecule has 2 aromatic carbocycles. The molecule has 0 saturated carbocycles. The zero-order valence-corrected chi connectivity index (χ0v) is 22.9. The summed E-state index contributed by atoms with van der Waals surface area (Å²) in [5.74, 6) is -1.93. The van der Waals surface area contributed by atoms with Gasteiger partial charge in [-0.25, -0.2) is 9.59 Å². The lowest BCUT2D eigenvalue weighted by Crippen LogP contribution is -2.49. The first-order valence-electron chi connectivity index (χ1n) is 12.0. The summed E-state index contributed by atoms with van der Waals surface area (Å²) < 4.78 is 37.4. The number of hydrogen-bond donors (Lipinski definition) is 2. The quantitative estimate of drug-likeness (QED) is 0.408. The van der Waals surface area contributed by atoms with Gasteiger partial charge in [-0.05, 0) is 82.2 Å². The van der Waals surface area contributed by atoms with Crippen molar-refractivity contribution in [2.45, 2.75) is 58.1 Å². The molecule has 0 spiro atoms.